The Kier molecular flexibility index (Phi) is 7.92. The van der Waals surface area contributed by atoms with E-state index in [-0.39, 0.29) is 23.4 Å². The number of carbonyl (C=O) groups excluding carboxylic acids is 1. The number of alkyl halides is 3. The van der Waals surface area contributed by atoms with Crippen molar-refractivity contribution in [1.29, 1.82) is 0 Å². The molecule has 3 aromatic rings. The van der Waals surface area contributed by atoms with Gasteiger partial charge in [-0.2, -0.15) is 13.2 Å². The molecule has 1 heterocycles. The second-order valence-corrected chi connectivity index (χ2v) is 8.57. The maximum Gasteiger partial charge on any atom is 0.422 e. The van der Waals surface area contributed by atoms with Gasteiger partial charge >= 0.3 is 6.18 Å². The molecule has 0 radical (unpaired) electrons. The van der Waals surface area contributed by atoms with Crippen molar-refractivity contribution in [3.8, 4) is 11.5 Å². The van der Waals surface area contributed by atoms with Gasteiger partial charge in [0, 0.05) is 29.3 Å². The monoisotopic (exact) mass is 500 g/mol. The number of aromatic nitrogens is 2. The molecule has 2 aromatic carbocycles. The summed E-state index contributed by atoms with van der Waals surface area (Å²) < 4.78 is 47.9. The van der Waals surface area contributed by atoms with Crippen molar-refractivity contribution in [2.75, 3.05) is 19.0 Å². The molecule has 1 amide bonds. The highest BCUT2D eigenvalue weighted by atomic mass is 19.4. The number of methoxy groups -OCH3 is 1. The van der Waals surface area contributed by atoms with E-state index in [1.54, 1.807) is 12.2 Å². The summed E-state index contributed by atoms with van der Waals surface area (Å²) in [6, 6.07) is 10.6. The maximum absolute atomic E-state index is 12.6. The van der Waals surface area contributed by atoms with Crippen LogP contribution >= 0.6 is 0 Å². The number of ether oxygens (including phenoxy) is 2. The van der Waals surface area contributed by atoms with Crippen LogP contribution < -0.4 is 20.1 Å². The average Bonchev–Trinajstić information content (AvgIpc) is 2.87. The van der Waals surface area contributed by atoms with Crippen molar-refractivity contribution in [2.45, 2.75) is 44.3 Å². The fourth-order valence-electron chi connectivity index (χ4n) is 4.08. The molecular formula is C26H27F3N4O3. The summed E-state index contributed by atoms with van der Waals surface area (Å²) in [7, 11) is 1.35. The standard InChI is InChI=1S/C26H27F3N4O3/c1-35-22-13-20-21(14-23(22)36-15-26(27,28)29)30-16-31-25(20)33-19-10-7-17(8-11-19)9-12-24(34)32-18-5-3-2-4-6-18/h7-14,16,18H,2-6,15H2,1H3,(H,32,34)(H,30,31,33)/b12-9+. The predicted octanol–water partition coefficient (Wildman–Crippen LogP) is 5.79. The minimum absolute atomic E-state index is 0.0596. The van der Waals surface area contributed by atoms with Gasteiger partial charge in [0.15, 0.2) is 18.1 Å². The van der Waals surface area contributed by atoms with Gasteiger partial charge in [0.2, 0.25) is 5.91 Å². The van der Waals surface area contributed by atoms with Crippen molar-refractivity contribution in [3.05, 3.63) is 54.4 Å². The number of carbonyl (C=O) groups is 1. The second-order valence-electron chi connectivity index (χ2n) is 8.57. The molecule has 0 spiro atoms. The third-order valence-corrected chi connectivity index (χ3v) is 5.86. The molecular weight excluding hydrogens is 473 g/mol. The summed E-state index contributed by atoms with van der Waals surface area (Å²) in [5.41, 5.74) is 1.99. The number of rotatable bonds is 8. The molecule has 1 aliphatic rings. The Labute approximate surface area is 206 Å². The number of nitrogens with zero attached hydrogens (tertiary/aromatic N) is 2. The lowest BCUT2D eigenvalue weighted by atomic mass is 9.95. The fourth-order valence-corrected chi connectivity index (χ4v) is 4.08. The van der Waals surface area contributed by atoms with E-state index in [9.17, 15) is 18.0 Å². The molecule has 0 saturated heterocycles. The minimum Gasteiger partial charge on any atom is -0.493 e. The van der Waals surface area contributed by atoms with E-state index < -0.39 is 12.8 Å². The van der Waals surface area contributed by atoms with Crippen LogP contribution in [0.25, 0.3) is 17.0 Å². The van der Waals surface area contributed by atoms with Crippen LogP contribution in [0.1, 0.15) is 37.7 Å². The number of nitrogens with one attached hydrogen (secondary N) is 2. The molecule has 0 bridgehead atoms. The minimum atomic E-state index is -4.47. The summed E-state index contributed by atoms with van der Waals surface area (Å²) in [4.78, 5) is 20.6. The summed E-state index contributed by atoms with van der Waals surface area (Å²) in [5.74, 6) is 0.437. The zero-order valence-corrected chi connectivity index (χ0v) is 19.8. The molecule has 36 heavy (non-hydrogen) atoms. The number of anilines is 2. The number of hydrogen-bond acceptors (Lipinski definition) is 6. The average molecular weight is 501 g/mol. The Morgan fingerprint density at radius 2 is 1.83 bits per heavy atom. The van der Waals surface area contributed by atoms with E-state index in [0.717, 1.165) is 36.9 Å². The first-order valence-electron chi connectivity index (χ1n) is 11.7. The van der Waals surface area contributed by atoms with Crippen molar-refractivity contribution in [1.82, 2.24) is 15.3 Å². The van der Waals surface area contributed by atoms with Gasteiger partial charge in [-0.1, -0.05) is 31.4 Å². The van der Waals surface area contributed by atoms with E-state index >= 15 is 0 Å². The number of benzene rings is 2. The van der Waals surface area contributed by atoms with Crippen LogP contribution in [0.4, 0.5) is 24.7 Å². The summed E-state index contributed by atoms with van der Waals surface area (Å²) in [6.45, 7) is -1.44. The third-order valence-electron chi connectivity index (χ3n) is 5.86. The number of hydrogen-bond donors (Lipinski definition) is 2. The van der Waals surface area contributed by atoms with Gasteiger partial charge in [0.1, 0.15) is 12.1 Å². The van der Waals surface area contributed by atoms with Crippen molar-refractivity contribution < 1.29 is 27.4 Å². The van der Waals surface area contributed by atoms with E-state index in [1.165, 1.54) is 32.0 Å². The quantitative estimate of drug-likeness (QED) is 0.381. The molecule has 1 aliphatic carbocycles. The summed E-state index contributed by atoms with van der Waals surface area (Å²) in [6.07, 6.45) is 5.75. The van der Waals surface area contributed by atoms with E-state index in [0.29, 0.717) is 16.7 Å². The van der Waals surface area contributed by atoms with Gasteiger partial charge in [-0.3, -0.25) is 4.79 Å². The molecule has 1 saturated carbocycles. The predicted molar refractivity (Wildman–Crippen MR) is 131 cm³/mol. The van der Waals surface area contributed by atoms with Gasteiger partial charge < -0.3 is 20.1 Å². The Balaban J connectivity index is 1.44. The van der Waals surface area contributed by atoms with E-state index in [1.807, 2.05) is 24.3 Å². The lowest BCUT2D eigenvalue weighted by Gasteiger charge is -2.21. The highest BCUT2D eigenvalue weighted by Crippen LogP contribution is 2.35. The molecule has 7 nitrogen and oxygen atoms in total. The lowest BCUT2D eigenvalue weighted by molar-refractivity contribution is -0.153. The zero-order valence-electron chi connectivity index (χ0n) is 19.8. The van der Waals surface area contributed by atoms with Crippen LogP contribution in [0.2, 0.25) is 0 Å². The molecule has 10 heteroatoms. The van der Waals surface area contributed by atoms with Gasteiger partial charge in [-0.05, 0) is 42.7 Å². The van der Waals surface area contributed by atoms with E-state index in [2.05, 4.69) is 20.6 Å². The van der Waals surface area contributed by atoms with E-state index in [4.69, 9.17) is 9.47 Å². The maximum atomic E-state index is 12.6. The zero-order chi connectivity index (χ0) is 25.5. The normalized spacial score (nSPS) is 14.7. The van der Waals surface area contributed by atoms with Crippen LogP contribution in [0.15, 0.2) is 48.8 Å². The van der Waals surface area contributed by atoms with Crippen molar-refractivity contribution >= 4 is 34.4 Å². The van der Waals surface area contributed by atoms with Gasteiger partial charge in [0.25, 0.3) is 0 Å². The van der Waals surface area contributed by atoms with Gasteiger partial charge in [0.05, 0.1) is 12.6 Å². The fraction of sp³-hybridized carbons (Fsp3) is 0.346. The highest BCUT2D eigenvalue weighted by molar-refractivity contribution is 5.93. The van der Waals surface area contributed by atoms with Crippen molar-refractivity contribution in [3.63, 3.8) is 0 Å². The van der Waals surface area contributed by atoms with Gasteiger partial charge in [-0.15, -0.1) is 0 Å². The van der Waals surface area contributed by atoms with Crippen LogP contribution in [0, 0.1) is 0 Å². The Bertz CT molecular complexity index is 1220. The highest BCUT2D eigenvalue weighted by Gasteiger charge is 2.29. The molecule has 2 N–H and O–H groups in total. The molecule has 0 unspecified atom stereocenters. The molecule has 1 aromatic heterocycles. The summed E-state index contributed by atoms with van der Waals surface area (Å²) >= 11 is 0. The second kappa shape index (κ2) is 11.3. The molecule has 0 aliphatic heterocycles. The van der Waals surface area contributed by atoms with Crippen LogP contribution in [-0.2, 0) is 4.79 Å². The SMILES string of the molecule is COc1cc2c(Nc3ccc(/C=C/C(=O)NC4CCCCC4)cc3)ncnc2cc1OCC(F)(F)F. The molecule has 0 atom stereocenters. The number of amides is 1. The Morgan fingerprint density at radius 3 is 2.53 bits per heavy atom. The van der Waals surface area contributed by atoms with Crippen LogP contribution in [0.5, 0.6) is 11.5 Å². The van der Waals surface area contributed by atoms with Crippen LogP contribution in [-0.4, -0.2) is 41.8 Å². The molecule has 1 fully saturated rings. The Hall–Kier alpha value is -3.82. The summed E-state index contributed by atoms with van der Waals surface area (Å²) in [5, 5.41) is 6.79. The lowest BCUT2D eigenvalue weighted by Crippen LogP contribution is -2.34. The van der Waals surface area contributed by atoms with Gasteiger partial charge in [-0.25, -0.2) is 9.97 Å². The first-order valence-corrected chi connectivity index (χ1v) is 11.7. The largest absolute Gasteiger partial charge is 0.493 e. The molecule has 4 rings (SSSR count). The molecule has 190 valence electrons. The van der Waals surface area contributed by atoms with Crippen molar-refractivity contribution in [2.24, 2.45) is 0 Å². The first-order chi connectivity index (χ1) is 17.3. The first kappa shape index (κ1) is 25.3. The number of halogens is 3. The Morgan fingerprint density at radius 1 is 1.08 bits per heavy atom. The number of fused-ring (bicyclic) bond motifs is 1. The topological polar surface area (TPSA) is 85.4 Å². The smallest absolute Gasteiger partial charge is 0.422 e. The van der Waals surface area contributed by atoms with Crippen LogP contribution in [0.3, 0.4) is 0 Å². The third kappa shape index (κ3) is 6.87.